The van der Waals surface area contributed by atoms with Crippen molar-refractivity contribution in [3.63, 3.8) is 0 Å². The van der Waals surface area contributed by atoms with E-state index in [2.05, 4.69) is 17.1 Å². The van der Waals surface area contributed by atoms with Gasteiger partial charge in [-0.15, -0.1) is 0 Å². The molecular formula is C14H20FN3O3S. The maximum Gasteiger partial charge on any atom is 0.254 e. The zero-order chi connectivity index (χ0) is 16.3. The van der Waals surface area contributed by atoms with Crippen LogP contribution >= 0.6 is 0 Å². The molecule has 1 fully saturated rings. The van der Waals surface area contributed by atoms with Gasteiger partial charge in [0.05, 0.1) is 10.5 Å². The number of amides is 1. The van der Waals surface area contributed by atoms with Crippen molar-refractivity contribution >= 4 is 15.9 Å². The van der Waals surface area contributed by atoms with E-state index in [1.165, 1.54) is 0 Å². The summed E-state index contributed by atoms with van der Waals surface area (Å²) in [6.07, 6.45) is 2.05. The number of likely N-dealkylation sites (tertiary alicyclic amines) is 1. The van der Waals surface area contributed by atoms with Gasteiger partial charge in [-0.05, 0) is 44.1 Å². The molecule has 1 atom stereocenters. The van der Waals surface area contributed by atoms with Crippen molar-refractivity contribution in [2.24, 2.45) is 5.14 Å². The lowest BCUT2D eigenvalue weighted by molar-refractivity contribution is 0.0937. The molecule has 0 spiro atoms. The van der Waals surface area contributed by atoms with Gasteiger partial charge in [-0.25, -0.2) is 17.9 Å². The summed E-state index contributed by atoms with van der Waals surface area (Å²) in [6.45, 7) is 4.35. The monoisotopic (exact) mass is 328 g/mol. The fourth-order valence-corrected chi connectivity index (χ4v) is 3.24. The number of carbonyl (C=O) groups excluding carboxylic acids is 1. The Labute approximate surface area is 129 Å². The van der Waals surface area contributed by atoms with Crippen molar-refractivity contribution in [1.29, 1.82) is 0 Å². The van der Waals surface area contributed by atoms with Gasteiger partial charge in [0.15, 0.2) is 0 Å². The van der Waals surface area contributed by atoms with Crippen LogP contribution in [-0.4, -0.2) is 44.9 Å². The SMILES string of the molecule is CCN1CCCC1CNC(=O)c1cc(S(N)(=O)=O)ccc1[18F]. The number of rotatable bonds is 5. The number of halogens is 1. The van der Waals surface area contributed by atoms with E-state index in [0.717, 1.165) is 44.1 Å². The van der Waals surface area contributed by atoms with Crippen molar-refractivity contribution in [3.8, 4) is 0 Å². The highest BCUT2D eigenvalue weighted by Crippen LogP contribution is 2.17. The number of hydrogen-bond acceptors (Lipinski definition) is 4. The van der Waals surface area contributed by atoms with Crippen LogP contribution in [0.15, 0.2) is 23.1 Å². The molecule has 8 heteroatoms. The molecule has 0 aromatic heterocycles. The van der Waals surface area contributed by atoms with Crippen LogP contribution in [0.1, 0.15) is 30.1 Å². The zero-order valence-electron chi connectivity index (χ0n) is 12.4. The number of primary sulfonamides is 1. The lowest BCUT2D eigenvalue weighted by Gasteiger charge is -2.22. The smallest absolute Gasteiger partial charge is 0.254 e. The van der Waals surface area contributed by atoms with E-state index in [-0.39, 0.29) is 16.5 Å². The number of likely N-dealkylation sites (N-methyl/N-ethyl adjacent to an activating group) is 1. The maximum absolute atomic E-state index is 13.7. The van der Waals surface area contributed by atoms with Crippen LogP contribution in [0.5, 0.6) is 0 Å². The molecular weight excluding hydrogens is 308 g/mol. The molecule has 0 radical (unpaired) electrons. The van der Waals surface area contributed by atoms with E-state index in [1.807, 2.05) is 0 Å². The lowest BCUT2D eigenvalue weighted by atomic mass is 10.1. The quantitative estimate of drug-likeness (QED) is 0.831. The number of hydrogen-bond donors (Lipinski definition) is 2. The highest BCUT2D eigenvalue weighted by molar-refractivity contribution is 7.89. The van der Waals surface area contributed by atoms with Crippen LogP contribution in [0.4, 0.5) is 4.39 Å². The second-order valence-corrected chi connectivity index (χ2v) is 6.88. The summed E-state index contributed by atoms with van der Waals surface area (Å²) in [6, 6.07) is 3.17. The van der Waals surface area contributed by atoms with Crippen molar-refractivity contribution in [3.05, 3.63) is 29.6 Å². The van der Waals surface area contributed by atoms with Gasteiger partial charge >= 0.3 is 0 Å². The zero-order valence-corrected chi connectivity index (χ0v) is 13.2. The average Bonchev–Trinajstić information content (AvgIpc) is 2.91. The van der Waals surface area contributed by atoms with Crippen molar-refractivity contribution in [2.75, 3.05) is 19.6 Å². The molecule has 22 heavy (non-hydrogen) atoms. The third-order valence-electron chi connectivity index (χ3n) is 3.91. The first kappa shape index (κ1) is 16.9. The molecule has 2 rings (SSSR count). The standard InChI is InChI=1S/C14H20FN3O3S/c1-2-18-7-3-4-10(18)9-17-14(19)12-8-11(22(16,20)21)5-6-13(12)15/h5-6,8,10H,2-4,7,9H2,1H3,(H,17,19)(H2,16,20,21)/i15-1. The fraction of sp³-hybridized carbons (Fsp3) is 0.500. The minimum absolute atomic E-state index is 0.235. The fourth-order valence-electron chi connectivity index (χ4n) is 2.70. The summed E-state index contributed by atoms with van der Waals surface area (Å²) in [5, 5.41) is 7.67. The van der Waals surface area contributed by atoms with E-state index in [4.69, 9.17) is 5.14 Å². The molecule has 1 unspecified atom stereocenters. The molecule has 1 aromatic rings. The van der Waals surface area contributed by atoms with E-state index in [9.17, 15) is 17.6 Å². The van der Waals surface area contributed by atoms with Gasteiger partial charge in [0, 0.05) is 12.6 Å². The molecule has 0 bridgehead atoms. The first-order valence-electron chi connectivity index (χ1n) is 7.17. The normalized spacial score (nSPS) is 19.3. The predicted molar refractivity (Wildman–Crippen MR) is 80.4 cm³/mol. The molecule has 6 nitrogen and oxygen atoms in total. The molecule has 122 valence electrons. The Morgan fingerprint density at radius 3 is 2.86 bits per heavy atom. The number of nitrogens with zero attached hydrogens (tertiary/aromatic N) is 1. The Bertz CT molecular complexity index is 663. The number of sulfonamides is 1. The lowest BCUT2D eigenvalue weighted by Crippen LogP contribution is -2.40. The second kappa shape index (κ2) is 6.72. The van der Waals surface area contributed by atoms with E-state index in [0.29, 0.717) is 6.54 Å². The maximum atomic E-state index is 13.7. The van der Waals surface area contributed by atoms with Gasteiger partial charge in [0.1, 0.15) is 5.82 Å². The summed E-state index contributed by atoms with van der Waals surface area (Å²) in [7, 11) is -3.97. The highest BCUT2D eigenvalue weighted by Gasteiger charge is 2.24. The average molecular weight is 328 g/mol. The van der Waals surface area contributed by atoms with Crippen molar-refractivity contribution < 1.29 is 17.6 Å². The molecule has 3 N–H and O–H groups in total. The van der Waals surface area contributed by atoms with Crippen LogP contribution in [-0.2, 0) is 10.0 Å². The first-order chi connectivity index (χ1) is 10.3. The van der Waals surface area contributed by atoms with Gasteiger partial charge in [0.2, 0.25) is 10.0 Å². The van der Waals surface area contributed by atoms with Gasteiger partial charge in [-0.1, -0.05) is 6.92 Å². The third kappa shape index (κ3) is 3.82. The largest absolute Gasteiger partial charge is 0.350 e. The van der Waals surface area contributed by atoms with E-state index >= 15 is 0 Å². The summed E-state index contributed by atoms with van der Waals surface area (Å²) in [4.78, 5) is 14.1. The van der Waals surface area contributed by atoms with Crippen LogP contribution in [0.2, 0.25) is 0 Å². The summed E-state index contributed by atoms with van der Waals surface area (Å²) in [5.41, 5.74) is -0.312. The summed E-state index contributed by atoms with van der Waals surface area (Å²) < 4.78 is 36.3. The molecule has 1 saturated heterocycles. The first-order valence-corrected chi connectivity index (χ1v) is 8.72. The molecule has 1 aliphatic heterocycles. The molecule has 1 aromatic carbocycles. The topological polar surface area (TPSA) is 92.5 Å². The number of benzene rings is 1. The van der Waals surface area contributed by atoms with Gasteiger partial charge < -0.3 is 5.32 Å². The Hall–Kier alpha value is -1.51. The van der Waals surface area contributed by atoms with Crippen LogP contribution in [0, 0.1) is 5.82 Å². The Morgan fingerprint density at radius 2 is 2.23 bits per heavy atom. The number of nitrogens with two attached hydrogens (primary N) is 1. The van der Waals surface area contributed by atoms with Crippen LogP contribution in [0.3, 0.4) is 0 Å². The van der Waals surface area contributed by atoms with Crippen molar-refractivity contribution in [1.82, 2.24) is 10.2 Å². The van der Waals surface area contributed by atoms with Gasteiger partial charge in [-0.2, -0.15) is 0 Å². The minimum Gasteiger partial charge on any atom is -0.350 e. The van der Waals surface area contributed by atoms with Crippen LogP contribution < -0.4 is 10.5 Å². The van der Waals surface area contributed by atoms with Crippen LogP contribution in [0.25, 0.3) is 0 Å². The minimum atomic E-state index is -3.97. The second-order valence-electron chi connectivity index (χ2n) is 5.32. The predicted octanol–water partition coefficient (Wildman–Crippen LogP) is 0.687. The molecule has 0 saturated carbocycles. The third-order valence-corrected chi connectivity index (χ3v) is 4.83. The van der Waals surface area contributed by atoms with E-state index in [1.54, 1.807) is 0 Å². The van der Waals surface area contributed by atoms with Gasteiger partial charge in [0.25, 0.3) is 5.91 Å². The number of nitrogens with one attached hydrogen (secondary N) is 1. The Balaban J connectivity index is 2.09. The van der Waals surface area contributed by atoms with Crippen molar-refractivity contribution in [2.45, 2.75) is 30.7 Å². The van der Waals surface area contributed by atoms with Gasteiger partial charge in [-0.3, -0.25) is 9.69 Å². The molecule has 1 heterocycles. The molecule has 1 amide bonds. The highest BCUT2D eigenvalue weighted by atomic mass is 32.2. The number of carbonyl (C=O) groups is 1. The molecule has 1 aliphatic rings. The van der Waals surface area contributed by atoms with E-state index < -0.39 is 21.7 Å². The Morgan fingerprint density at radius 1 is 1.50 bits per heavy atom. The summed E-state index contributed by atoms with van der Waals surface area (Å²) in [5.74, 6) is -1.41. The Kier molecular flexibility index (Phi) is 5.15. The molecule has 0 aliphatic carbocycles. The summed E-state index contributed by atoms with van der Waals surface area (Å²) >= 11 is 0.